The van der Waals surface area contributed by atoms with Gasteiger partial charge in [-0.3, -0.25) is 14.9 Å². The lowest BCUT2D eigenvalue weighted by Gasteiger charge is -2.09. The van der Waals surface area contributed by atoms with Gasteiger partial charge < -0.3 is 10.5 Å². The summed E-state index contributed by atoms with van der Waals surface area (Å²) in [6.07, 6.45) is 2.33. The predicted octanol–water partition coefficient (Wildman–Crippen LogP) is 2.47. The van der Waals surface area contributed by atoms with Crippen LogP contribution in [-0.4, -0.2) is 31.4 Å². The summed E-state index contributed by atoms with van der Waals surface area (Å²) in [4.78, 5) is 31.6. The number of primary amides is 1. The third-order valence-electron chi connectivity index (χ3n) is 4.15. The predicted molar refractivity (Wildman–Crippen MR) is 105 cm³/mol. The van der Waals surface area contributed by atoms with Crippen LogP contribution in [0.3, 0.4) is 0 Å². The van der Waals surface area contributed by atoms with Crippen molar-refractivity contribution in [3.8, 4) is 11.6 Å². The number of nitrogens with one attached hydrogen (secondary N) is 1. The molecule has 11 heteroatoms. The Hall–Kier alpha value is -4.41. The molecule has 0 spiro atoms. The van der Waals surface area contributed by atoms with E-state index in [0.717, 1.165) is 12.3 Å². The number of nitrogens with two attached hydrogens (primary N) is 1. The third-order valence-corrected chi connectivity index (χ3v) is 4.15. The van der Waals surface area contributed by atoms with E-state index in [9.17, 15) is 18.4 Å². The molecule has 9 nitrogen and oxygen atoms in total. The molecule has 4 rings (SSSR count). The van der Waals surface area contributed by atoms with Crippen LogP contribution in [0.4, 0.5) is 14.7 Å². The van der Waals surface area contributed by atoms with Crippen LogP contribution in [0.25, 0.3) is 5.65 Å². The highest BCUT2D eigenvalue weighted by Crippen LogP contribution is 2.26. The normalized spacial score (nSPS) is 10.8. The van der Waals surface area contributed by atoms with Crippen LogP contribution >= 0.6 is 0 Å². The first-order valence-corrected chi connectivity index (χ1v) is 8.92. The van der Waals surface area contributed by atoms with E-state index in [1.165, 1.54) is 47.1 Å². The zero-order chi connectivity index (χ0) is 22.0. The SMILES string of the molecule is NC(=O)c1cccnc1Oc1ccc(CC(=O)Nc2nc3ccc(F)cn3n2)cc1F. The van der Waals surface area contributed by atoms with Crippen LogP contribution < -0.4 is 15.8 Å². The molecule has 2 amide bonds. The minimum absolute atomic E-state index is 0.00481. The van der Waals surface area contributed by atoms with Gasteiger partial charge in [0.1, 0.15) is 11.4 Å². The van der Waals surface area contributed by atoms with Gasteiger partial charge in [-0.15, -0.1) is 5.10 Å². The molecule has 0 aliphatic rings. The Morgan fingerprint density at radius 1 is 1.16 bits per heavy atom. The Labute approximate surface area is 173 Å². The lowest BCUT2D eigenvalue weighted by Crippen LogP contribution is -2.15. The largest absolute Gasteiger partial charge is 0.435 e. The van der Waals surface area contributed by atoms with Gasteiger partial charge in [-0.05, 0) is 42.0 Å². The summed E-state index contributed by atoms with van der Waals surface area (Å²) in [6.45, 7) is 0. The van der Waals surface area contributed by atoms with E-state index in [1.54, 1.807) is 0 Å². The number of pyridine rings is 2. The second kappa shape index (κ2) is 8.14. The zero-order valence-corrected chi connectivity index (χ0v) is 15.8. The molecule has 4 aromatic rings. The summed E-state index contributed by atoms with van der Waals surface area (Å²) >= 11 is 0. The Balaban J connectivity index is 1.45. The lowest BCUT2D eigenvalue weighted by atomic mass is 10.1. The highest BCUT2D eigenvalue weighted by Gasteiger charge is 2.15. The number of amides is 2. The summed E-state index contributed by atoms with van der Waals surface area (Å²) in [5.41, 5.74) is 5.97. The summed E-state index contributed by atoms with van der Waals surface area (Å²) in [5.74, 6) is -2.84. The monoisotopic (exact) mass is 424 g/mol. The summed E-state index contributed by atoms with van der Waals surface area (Å²) in [6, 6.07) is 9.45. The minimum Gasteiger partial charge on any atom is -0.435 e. The summed E-state index contributed by atoms with van der Waals surface area (Å²) in [7, 11) is 0. The number of aromatic nitrogens is 4. The minimum atomic E-state index is -0.764. The van der Waals surface area contributed by atoms with E-state index < -0.39 is 23.4 Å². The second-order valence-corrected chi connectivity index (χ2v) is 6.40. The molecule has 0 aliphatic heterocycles. The van der Waals surface area contributed by atoms with Crippen molar-refractivity contribution >= 4 is 23.4 Å². The fourth-order valence-corrected chi connectivity index (χ4v) is 2.77. The van der Waals surface area contributed by atoms with Crippen molar-refractivity contribution in [3.05, 3.63) is 77.6 Å². The number of fused-ring (bicyclic) bond motifs is 1. The van der Waals surface area contributed by atoms with E-state index >= 15 is 0 Å². The Morgan fingerprint density at radius 3 is 2.77 bits per heavy atom. The molecule has 3 aromatic heterocycles. The molecular weight excluding hydrogens is 410 g/mol. The van der Waals surface area contributed by atoms with Gasteiger partial charge in [0.25, 0.3) is 5.91 Å². The molecule has 156 valence electrons. The highest BCUT2D eigenvalue weighted by atomic mass is 19.1. The zero-order valence-electron chi connectivity index (χ0n) is 15.8. The van der Waals surface area contributed by atoms with Gasteiger partial charge in [0, 0.05) is 6.20 Å². The van der Waals surface area contributed by atoms with Crippen molar-refractivity contribution in [1.82, 2.24) is 19.6 Å². The number of nitrogens with zero attached hydrogens (tertiary/aromatic N) is 4. The van der Waals surface area contributed by atoms with Gasteiger partial charge in [-0.25, -0.2) is 18.3 Å². The number of hydrogen-bond acceptors (Lipinski definition) is 6. The van der Waals surface area contributed by atoms with E-state index in [-0.39, 0.29) is 29.6 Å². The average molecular weight is 424 g/mol. The van der Waals surface area contributed by atoms with E-state index in [0.29, 0.717) is 11.2 Å². The number of rotatable bonds is 6. The highest BCUT2D eigenvalue weighted by molar-refractivity contribution is 5.95. The first-order chi connectivity index (χ1) is 14.9. The topological polar surface area (TPSA) is 124 Å². The van der Waals surface area contributed by atoms with Gasteiger partial charge in [-0.1, -0.05) is 6.07 Å². The standard InChI is InChI=1S/C20H14F2N6O3/c21-12-4-6-16-25-20(27-28(16)10-12)26-17(29)9-11-3-5-15(14(22)8-11)31-19-13(18(23)30)2-1-7-24-19/h1-8,10H,9H2,(H2,23,30)(H,26,27,29). The molecule has 0 bridgehead atoms. The Bertz CT molecular complexity index is 1310. The van der Waals surface area contributed by atoms with Crippen LogP contribution in [0.5, 0.6) is 11.6 Å². The van der Waals surface area contributed by atoms with Crippen molar-refractivity contribution in [2.45, 2.75) is 6.42 Å². The van der Waals surface area contributed by atoms with Crippen molar-refractivity contribution in [2.75, 3.05) is 5.32 Å². The number of ether oxygens (including phenoxy) is 1. The molecule has 0 saturated heterocycles. The number of carbonyl (C=O) groups is 2. The molecule has 1 aromatic carbocycles. The third kappa shape index (κ3) is 4.45. The van der Waals surface area contributed by atoms with E-state index in [1.807, 2.05) is 0 Å². The van der Waals surface area contributed by atoms with Crippen LogP contribution in [0.1, 0.15) is 15.9 Å². The molecule has 31 heavy (non-hydrogen) atoms. The average Bonchev–Trinajstić information content (AvgIpc) is 3.11. The maximum Gasteiger partial charge on any atom is 0.254 e. The number of halogens is 2. The number of benzene rings is 1. The van der Waals surface area contributed by atoms with Crippen LogP contribution in [0.2, 0.25) is 0 Å². The van der Waals surface area contributed by atoms with Gasteiger partial charge in [0.05, 0.1) is 12.6 Å². The number of hydrogen-bond donors (Lipinski definition) is 2. The van der Waals surface area contributed by atoms with E-state index in [2.05, 4.69) is 20.4 Å². The molecule has 0 unspecified atom stereocenters. The maximum atomic E-state index is 14.5. The number of anilines is 1. The smallest absolute Gasteiger partial charge is 0.254 e. The lowest BCUT2D eigenvalue weighted by molar-refractivity contribution is -0.115. The quantitative estimate of drug-likeness (QED) is 0.490. The molecular formula is C20H14F2N6O3. The van der Waals surface area contributed by atoms with Crippen LogP contribution in [0, 0.1) is 11.6 Å². The molecule has 0 saturated carbocycles. The Kier molecular flexibility index (Phi) is 5.22. The molecule has 0 atom stereocenters. The fourth-order valence-electron chi connectivity index (χ4n) is 2.77. The molecule has 3 heterocycles. The van der Waals surface area contributed by atoms with Crippen LogP contribution in [0.15, 0.2) is 54.9 Å². The summed E-state index contributed by atoms with van der Waals surface area (Å²) in [5, 5.41) is 6.42. The Morgan fingerprint density at radius 2 is 2.00 bits per heavy atom. The number of carbonyl (C=O) groups excluding carboxylic acids is 2. The van der Waals surface area contributed by atoms with Gasteiger partial charge in [0.15, 0.2) is 17.2 Å². The van der Waals surface area contributed by atoms with Crippen molar-refractivity contribution in [3.63, 3.8) is 0 Å². The van der Waals surface area contributed by atoms with Crippen molar-refractivity contribution in [2.24, 2.45) is 5.73 Å². The van der Waals surface area contributed by atoms with Gasteiger partial charge in [0.2, 0.25) is 17.7 Å². The van der Waals surface area contributed by atoms with Crippen molar-refractivity contribution in [1.29, 1.82) is 0 Å². The molecule has 0 fully saturated rings. The second-order valence-electron chi connectivity index (χ2n) is 6.40. The van der Waals surface area contributed by atoms with Gasteiger partial charge >= 0.3 is 0 Å². The fraction of sp³-hybridized carbons (Fsp3) is 0.0500. The molecule has 0 aliphatic carbocycles. The first kappa shape index (κ1) is 19.9. The molecule has 0 radical (unpaired) electrons. The maximum absolute atomic E-state index is 14.5. The van der Waals surface area contributed by atoms with E-state index in [4.69, 9.17) is 10.5 Å². The first-order valence-electron chi connectivity index (χ1n) is 8.92. The molecule has 3 N–H and O–H groups in total. The summed E-state index contributed by atoms with van der Waals surface area (Å²) < 4.78 is 34.2. The van der Waals surface area contributed by atoms with Crippen molar-refractivity contribution < 1.29 is 23.1 Å². The van der Waals surface area contributed by atoms with Gasteiger partial charge in [-0.2, -0.15) is 4.98 Å². The van der Waals surface area contributed by atoms with Crippen LogP contribution in [-0.2, 0) is 11.2 Å².